The third-order valence-electron chi connectivity index (χ3n) is 3.49. The zero-order chi connectivity index (χ0) is 14.7. The summed E-state index contributed by atoms with van der Waals surface area (Å²) in [5.74, 6) is 0. The zero-order valence-electron chi connectivity index (χ0n) is 12.1. The SMILES string of the molecule is Cc1csc([C@H]2CN(C[C@H](O)Cn3cccn3)CCO2)n1. The molecular weight excluding hydrogens is 288 g/mol. The number of rotatable bonds is 5. The van der Waals surface area contributed by atoms with Crippen LogP contribution >= 0.6 is 11.3 Å². The number of β-amino-alcohol motifs (C(OH)–C–C–N with tert-alkyl or cyclic N) is 1. The first-order chi connectivity index (χ1) is 10.2. The molecule has 0 aromatic carbocycles. The second-order valence-corrected chi connectivity index (χ2v) is 6.22. The normalized spacial score (nSPS) is 21.5. The number of hydrogen-bond acceptors (Lipinski definition) is 6. The molecule has 2 atom stereocenters. The van der Waals surface area contributed by atoms with Crippen LogP contribution in [-0.4, -0.2) is 57.1 Å². The van der Waals surface area contributed by atoms with Gasteiger partial charge in [0.05, 0.1) is 19.3 Å². The molecule has 7 heteroatoms. The van der Waals surface area contributed by atoms with Crippen molar-refractivity contribution in [3.8, 4) is 0 Å². The zero-order valence-corrected chi connectivity index (χ0v) is 12.9. The second kappa shape index (κ2) is 6.65. The molecule has 0 aliphatic carbocycles. The maximum atomic E-state index is 10.2. The number of morpholine rings is 1. The van der Waals surface area contributed by atoms with E-state index < -0.39 is 6.10 Å². The summed E-state index contributed by atoms with van der Waals surface area (Å²) in [6, 6.07) is 1.86. The number of aliphatic hydroxyl groups is 1. The Kier molecular flexibility index (Phi) is 4.64. The Balaban J connectivity index is 1.53. The van der Waals surface area contributed by atoms with Crippen LogP contribution in [0.5, 0.6) is 0 Å². The Hall–Kier alpha value is -1.28. The summed E-state index contributed by atoms with van der Waals surface area (Å²) >= 11 is 1.64. The van der Waals surface area contributed by atoms with E-state index >= 15 is 0 Å². The van der Waals surface area contributed by atoms with Gasteiger partial charge in [-0.1, -0.05) is 0 Å². The summed E-state index contributed by atoms with van der Waals surface area (Å²) < 4.78 is 7.56. The molecule has 114 valence electrons. The van der Waals surface area contributed by atoms with E-state index in [1.165, 1.54) is 0 Å². The van der Waals surface area contributed by atoms with Gasteiger partial charge in [-0.3, -0.25) is 9.58 Å². The lowest BCUT2D eigenvalue weighted by molar-refractivity contribution is -0.0438. The van der Waals surface area contributed by atoms with Crippen LogP contribution in [0.2, 0.25) is 0 Å². The third-order valence-corrected chi connectivity index (χ3v) is 4.54. The van der Waals surface area contributed by atoms with Crippen LogP contribution in [0.4, 0.5) is 0 Å². The molecule has 0 amide bonds. The average molecular weight is 308 g/mol. The van der Waals surface area contributed by atoms with Crippen molar-refractivity contribution in [1.29, 1.82) is 0 Å². The van der Waals surface area contributed by atoms with E-state index in [0.29, 0.717) is 19.7 Å². The number of nitrogens with zero attached hydrogens (tertiary/aromatic N) is 4. The average Bonchev–Trinajstić information content (AvgIpc) is 3.10. The highest BCUT2D eigenvalue weighted by Crippen LogP contribution is 2.25. The van der Waals surface area contributed by atoms with Gasteiger partial charge in [-0.15, -0.1) is 11.3 Å². The Morgan fingerprint density at radius 3 is 3.14 bits per heavy atom. The van der Waals surface area contributed by atoms with E-state index in [9.17, 15) is 5.11 Å². The van der Waals surface area contributed by atoms with Crippen molar-refractivity contribution in [2.75, 3.05) is 26.2 Å². The topological polar surface area (TPSA) is 63.4 Å². The summed E-state index contributed by atoms with van der Waals surface area (Å²) in [5, 5.41) is 17.4. The molecule has 1 N–H and O–H groups in total. The minimum atomic E-state index is -0.429. The molecule has 1 saturated heterocycles. The molecular formula is C14H20N4O2S. The molecule has 2 aromatic heterocycles. The third kappa shape index (κ3) is 3.88. The molecule has 1 fully saturated rings. The van der Waals surface area contributed by atoms with Gasteiger partial charge in [-0.05, 0) is 13.0 Å². The highest BCUT2D eigenvalue weighted by Gasteiger charge is 2.25. The fourth-order valence-electron chi connectivity index (χ4n) is 2.52. The molecule has 21 heavy (non-hydrogen) atoms. The molecule has 0 unspecified atom stereocenters. The van der Waals surface area contributed by atoms with Gasteiger partial charge >= 0.3 is 0 Å². The van der Waals surface area contributed by atoms with Gasteiger partial charge in [0.15, 0.2) is 0 Å². The first kappa shape index (κ1) is 14.6. The van der Waals surface area contributed by atoms with Crippen LogP contribution in [0.3, 0.4) is 0 Å². The Morgan fingerprint density at radius 1 is 1.52 bits per heavy atom. The molecule has 6 nitrogen and oxygen atoms in total. The van der Waals surface area contributed by atoms with Crippen molar-refractivity contribution < 1.29 is 9.84 Å². The highest BCUT2D eigenvalue weighted by atomic mass is 32.1. The molecule has 3 rings (SSSR count). The van der Waals surface area contributed by atoms with Crippen molar-refractivity contribution in [3.05, 3.63) is 34.5 Å². The van der Waals surface area contributed by atoms with E-state index in [1.807, 2.05) is 24.6 Å². The summed E-state index contributed by atoms with van der Waals surface area (Å²) in [6.07, 6.45) is 3.18. The monoisotopic (exact) mass is 308 g/mol. The Bertz CT molecular complexity index is 557. The lowest BCUT2D eigenvalue weighted by atomic mass is 10.2. The fourth-order valence-corrected chi connectivity index (χ4v) is 3.35. The van der Waals surface area contributed by atoms with Gasteiger partial charge in [-0.25, -0.2) is 4.98 Å². The molecule has 0 spiro atoms. The molecule has 3 heterocycles. The second-order valence-electron chi connectivity index (χ2n) is 5.33. The van der Waals surface area contributed by atoms with E-state index in [1.54, 1.807) is 22.2 Å². The molecule has 2 aromatic rings. The molecule has 0 saturated carbocycles. The number of ether oxygens (including phenoxy) is 1. The number of aromatic nitrogens is 3. The predicted molar refractivity (Wildman–Crippen MR) is 80.2 cm³/mol. The molecule has 1 aliphatic heterocycles. The van der Waals surface area contributed by atoms with Gasteiger partial charge in [-0.2, -0.15) is 5.10 Å². The fraction of sp³-hybridized carbons (Fsp3) is 0.571. The summed E-state index contributed by atoms with van der Waals surface area (Å²) in [7, 11) is 0. The van der Waals surface area contributed by atoms with Gasteiger partial charge in [0.2, 0.25) is 0 Å². The predicted octanol–water partition coefficient (Wildman–Crippen LogP) is 1.08. The lowest BCUT2D eigenvalue weighted by Gasteiger charge is -2.33. The summed E-state index contributed by atoms with van der Waals surface area (Å²) in [5.41, 5.74) is 1.04. The first-order valence-corrected chi connectivity index (χ1v) is 8.00. The van der Waals surface area contributed by atoms with E-state index in [2.05, 4.69) is 15.0 Å². The maximum Gasteiger partial charge on any atom is 0.123 e. The van der Waals surface area contributed by atoms with Crippen LogP contribution in [0.15, 0.2) is 23.8 Å². The quantitative estimate of drug-likeness (QED) is 0.895. The lowest BCUT2D eigenvalue weighted by Crippen LogP contribution is -2.43. The maximum absolute atomic E-state index is 10.2. The highest BCUT2D eigenvalue weighted by molar-refractivity contribution is 7.09. The van der Waals surface area contributed by atoms with Crippen LogP contribution < -0.4 is 0 Å². The smallest absolute Gasteiger partial charge is 0.123 e. The van der Waals surface area contributed by atoms with Crippen LogP contribution in [-0.2, 0) is 11.3 Å². The standard InChI is InChI=1S/C14H20N4O2S/c1-11-10-21-14(16-11)13-9-17(5-6-20-13)7-12(19)8-18-4-2-3-15-18/h2-4,10,12-13,19H,5-9H2,1H3/t12-,13+/m0/s1. The largest absolute Gasteiger partial charge is 0.390 e. The van der Waals surface area contributed by atoms with Gasteiger partial charge in [0.1, 0.15) is 11.1 Å². The Labute approximate surface area is 128 Å². The van der Waals surface area contributed by atoms with Gasteiger partial charge in [0.25, 0.3) is 0 Å². The molecule has 0 bridgehead atoms. The molecule has 0 radical (unpaired) electrons. The van der Waals surface area contributed by atoms with E-state index in [0.717, 1.165) is 23.8 Å². The van der Waals surface area contributed by atoms with E-state index in [4.69, 9.17) is 4.74 Å². The van der Waals surface area contributed by atoms with Crippen LogP contribution in [0.1, 0.15) is 16.8 Å². The van der Waals surface area contributed by atoms with Crippen molar-refractivity contribution in [1.82, 2.24) is 19.7 Å². The summed E-state index contributed by atoms with van der Waals surface area (Å²) in [4.78, 5) is 6.73. The first-order valence-electron chi connectivity index (χ1n) is 7.12. The Morgan fingerprint density at radius 2 is 2.43 bits per heavy atom. The van der Waals surface area contributed by atoms with Crippen molar-refractivity contribution in [2.24, 2.45) is 0 Å². The van der Waals surface area contributed by atoms with Crippen molar-refractivity contribution in [3.63, 3.8) is 0 Å². The van der Waals surface area contributed by atoms with Crippen molar-refractivity contribution in [2.45, 2.75) is 25.7 Å². The summed E-state index contributed by atoms with van der Waals surface area (Å²) in [6.45, 7) is 5.45. The molecule has 1 aliphatic rings. The van der Waals surface area contributed by atoms with Crippen LogP contribution in [0.25, 0.3) is 0 Å². The van der Waals surface area contributed by atoms with Gasteiger partial charge < -0.3 is 9.84 Å². The van der Waals surface area contributed by atoms with Gasteiger partial charge in [0, 0.05) is 43.1 Å². The minimum Gasteiger partial charge on any atom is -0.390 e. The number of aliphatic hydroxyl groups excluding tert-OH is 1. The van der Waals surface area contributed by atoms with Crippen molar-refractivity contribution >= 4 is 11.3 Å². The number of hydrogen-bond donors (Lipinski definition) is 1. The van der Waals surface area contributed by atoms with Crippen LogP contribution in [0, 0.1) is 6.92 Å². The van der Waals surface area contributed by atoms with E-state index in [-0.39, 0.29) is 6.10 Å². The minimum absolute atomic E-state index is 0.0225. The number of thiazole rings is 1. The number of aryl methyl sites for hydroxylation is 1.